The van der Waals surface area contributed by atoms with Crippen molar-refractivity contribution in [3.63, 3.8) is 0 Å². The number of hydrogen-bond acceptors (Lipinski definition) is 6. The van der Waals surface area contributed by atoms with E-state index >= 15 is 0 Å². The van der Waals surface area contributed by atoms with Crippen LogP contribution in [0.4, 0.5) is 0 Å². The molecule has 8 heteroatoms. The number of rotatable bonds is 6. The van der Waals surface area contributed by atoms with Crippen molar-refractivity contribution in [1.82, 2.24) is 9.55 Å². The van der Waals surface area contributed by atoms with E-state index in [1.807, 2.05) is 31.2 Å². The Morgan fingerprint density at radius 3 is 2.67 bits per heavy atom. The summed E-state index contributed by atoms with van der Waals surface area (Å²) in [5, 5.41) is 0.778. The molecular weight excluding hydrogens is 418 g/mol. The first kappa shape index (κ1) is 20.9. The van der Waals surface area contributed by atoms with Gasteiger partial charge in [0.2, 0.25) is 5.91 Å². The van der Waals surface area contributed by atoms with E-state index in [1.165, 1.54) is 23.1 Å². The number of aromatic nitrogens is 2. The zero-order valence-corrected chi connectivity index (χ0v) is 18.8. The van der Waals surface area contributed by atoms with E-state index in [0.29, 0.717) is 23.0 Å². The SMILES string of the molecule is CCC(Sc1nc2sc3c(c2c(=O)n1-c1ccc(OC)cc1)CCCCC3)C(N)=O. The smallest absolute Gasteiger partial charge is 0.267 e. The second-order valence-electron chi connectivity index (χ2n) is 7.39. The second kappa shape index (κ2) is 8.81. The summed E-state index contributed by atoms with van der Waals surface area (Å²) in [6.45, 7) is 1.91. The fourth-order valence-corrected chi connectivity index (χ4v) is 6.16. The third-order valence-electron chi connectivity index (χ3n) is 5.47. The zero-order chi connectivity index (χ0) is 21.3. The lowest BCUT2D eigenvalue weighted by Gasteiger charge is -2.16. The lowest BCUT2D eigenvalue weighted by atomic mass is 10.1. The van der Waals surface area contributed by atoms with E-state index in [9.17, 15) is 9.59 Å². The van der Waals surface area contributed by atoms with E-state index in [1.54, 1.807) is 23.0 Å². The Morgan fingerprint density at radius 1 is 1.27 bits per heavy atom. The Bertz CT molecular complexity index is 1140. The molecule has 3 aromatic rings. The molecule has 2 aromatic heterocycles. The molecule has 0 bridgehead atoms. The van der Waals surface area contributed by atoms with E-state index < -0.39 is 11.2 Å². The van der Waals surface area contributed by atoms with E-state index in [0.717, 1.165) is 41.5 Å². The van der Waals surface area contributed by atoms with Crippen LogP contribution in [0.15, 0.2) is 34.2 Å². The molecule has 0 radical (unpaired) electrons. The van der Waals surface area contributed by atoms with Gasteiger partial charge in [0.05, 0.1) is 23.4 Å². The lowest BCUT2D eigenvalue weighted by molar-refractivity contribution is -0.117. The molecule has 1 aliphatic rings. The molecule has 6 nitrogen and oxygen atoms in total. The summed E-state index contributed by atoms with van der Waals surface area (Å²) >= 11 is 2.88. The number of amides is 1. The molecule has 0 spiro atoms. The molecule has 1 aromatic carbocycles. The van der Waals surface area contributed by atoms with E-state index in [-0.39, 0.29) is 5.56 Å². The highest BCUT2D eigenvalue weighted by atomic mass is 32.2. The van der Waals surface area contributed by atoms with E-state index in [4.69, 9.17) is 15.5 Å². The normalized spacial score (nSPS) is 14.9. The third kappa shape index (κ3) is 3.86. The van der Waals surface area contributed by atoms with Gasteiger partial charge < -0.3 is 10.5 Å². The quantitative estimate of drug-likeness (QED) is 0.352. The number of thioether (sulfide) groups is 1. The Balaban J connectivity index is 1.95. The number of methoxy groups -OCH3 is 1. The van der Waals surface area contributed by atoms with Gasteiger partial charge in [0.15, 0.2) is 5.16 Å². The van der Waals surface area contributed by atoms with Crippen molar-refractivity contribution in [3.05, 3.63) is 45.1 Å². The number of nitrogens with two attached hydrogens (primary N) is 1. The number of ether oxygens (including phenoxy) is 1. The minimum atomic E-state index is -0.448. The number of aryl methyl sites for hydroxylation is 2. The minimum Gasteiger partial charge on any atom is -0.497 e. The summed E-state index contributed by atoms with van der Waals surface area (Å²) < 4.78 is 6.88. The predicted molar refractivity (Wildman–Crippen MR) is 122 cm³/mol. The van der Waals surface area contributed by atoms with Gasteiger partial charge in [-0.2, -0.15) is 0 Å². The molecule has 1 aliphatic carbocycles. The molecule has 30 heavy (non-hydrogen) atoms. The highest BCUT2D eigenvalue weighted by molar-refractivity contribution is 8.00. The standard InChI is InChI=1S/C22H25N3O3S2/c1-3-16(19(23)26)30-22-24-20-18(15-7-5-4-6-8-17(15)29-20)21(27)25(22)13-9-11-14(28-2)12-10-13/h9-12,16H,3-8H2,1-2H3,(H2,23,26). The molecule has 2 N–H and O–H groups in total. The summed E-state index contributed by atoms with van der Waals surface area (Å²) in [5.74, 6) is 0.308. The first-order chi connectivity index (χ1) is 14.5. The molecule has 0 saturated carbocycles. The van der Waals surface area contributed by atoms with Crippen molar-refractivity contribution in [2.75, 3.05) is 7.11 Å². The number of hydrogen-bond donors (Lipinski definition) is 1. The first-order valence-electron chi connectivity index (χ1n) is 10.2. The van der Waals surface area contributed by atoms with Gasteiger partial charge in [-0.25, -0.2) is 4.98 Å². The lowest BCUT2D eigenvalue weighted by Crippen LogP contribution is -2.28. The Hall–Kier alpha value is -2.32. The van der Waals surface area contributed by atoms with Crippen molar-refractivity contribution in [3.8, 4) is 11.4 Å². The number of thiophene rings is 1. The Morgan fingerprint density at radius 2 is 2.00 bits per heavy atom. The average Bonchev–Trinajstić information content (AvgIpc) is 2.93. The number of primary amides is 1. The molecule has 2 heterocycles. The van der Waals surface area contributed by atoms with Crippen LogP contribution in [-0.2, 0) is 17.6 Å². The maximum Gasteiger partial charge on any atom is 0.267 e. The number of carbonyl (C=O) groups excluding carboxylic acids is 1. The first-order valence-corrected chi connectivity index (χ1v) is 11.9. The van der Waals surface area contributed by atoms with Crippen LogP contribution in [0.2, 0.25) is 0 Å². The molecule has 1 atom stereocenters. The Labute approximate surface area is 183 Å². The van der Waals surface area contributed by atoms with Gasteiger partial charge in [0, 0.05) is 4.88 Å². The van der Waals surface area contributed by atoms with Crippen molar-refractivity contribution in [1.29, 1.82) is 0 Å². The van der Waals surface area contributed by atoms with Crippen molar-refractivity contribution >= 4 is 39.2 Å². The topological polar surface area (TPSA) is 87.2 Å². The number of benzene rings is 1. The van der Waals surface area contributed by atoms with Gasteiger partial charge in [-0.05, 0) is 61.9 Å². The molecule has 0 fully saturated rings. The van der Waals surface area contributed by atoms with Crippen LogP contribution in [0.5, 0.6) is 5.75 Å². The number of nitrogens with zero attached hydrogens (tertiary/aromatic N) is 2. The van der Waals surface area contributed by atoms with Gasteiger partial charge in [-0.15, -0.1) is 11.3 Å². The van der Waals surface area contributed by atoms with Crippen molar-refractivity contribution < 1.29 is 9.53 Å². The monoisotopic (exact) mass is 443 g/mol. The van der Waals surface area contributed by atoms with Gasteiger partial charge in [0.25, 0.3) is 5.56 Å². The van der Waals surface area contributed by atoms with Crippen LogP contribution in [-0.4, -0.2) is 27.8 Å². The third-order valence-corrected chi connectivity index (χ3v) is 8.00. The largest absolute Gasteiger partial charge is 0.497 e. The summed E-state index contributed by atoms with van der Waals surface area (Å²) in [7, 11) is 1.61. The van der Waals surface area contributed by atoms with Crippen molar-refractivity contribution in [2.45, 2.75) is 55.9 Å². The van der Waals surface area contributed by atoms with E-state index in [2.05, 4.69) is 0 Å². The molecule has 158 valence electrons. The minimum absolute atomic E-state index is 0.0774. The second-order valence-corrected chi connectivity index (χ2v) is 9.65. The maximum atomic E-state index is 13.8. The summed E-state index contributed by atoms with van der Waals surface area (Å²) in [6.07, 6.45) is 5.91. The number of fused-ring (bicyclic) bond motifs is 3. The predicted octanol–water partition coefficient (Wildman–Crippen LogP) is 4.08. The summed E-state index contributed by atoms with van der Waals surface area (Å²) in [5.41, 5.74) is 7.36. The average molecular weight is 444 g/mol. The van der Waals surface area contributed by atoms with Crippen LogP contribution in [0.1, 0.15) is 43.0 Å². The fourth-order valence-electron chi connectivity index (χ4n) is 3.87. The van der Waals surface area contributed by atoms with Crippen LogP contribution < -0.4 is 16.0 Å². The molecule has 1 unspecified atom stereocenters. The highest BCUT2D eigenvalue weighted by Gasteiger charge is 2.25. The molecular formula is C22H25N3O3S2. The van der Waals surface area contributed by atoms with Gasteiger partial charge in [0.1, 0.15) is 10.6 Å². The molecule has 1 amide bonds. The van der Waals surface area contributed by atoms with Crippen LogP contribution in [0, 0.1) is 0 Å². The highest BCUT2D eigenvalue weighted by Crippen LogP contribution is 2.35. The maximum absolute atomic E-state index is 13.8. The summed E-state index contributed by atoms with van der Waals surface area (Å²) in [6, 6.07) is 7.32. The molecule has 0 saturated heterocycles. The number of carbonyl (C=O) groups is 1. The van der Waals surface area contributed by atoms with Crippen molar-refractivity contribution in [2.24, 2.45) is 5.73 Å². The molecule has 4 rings (SSSR count). The Kier molecular flexibility index (Phi) is 6.15. The van der Waals surface area contributed by atoms with Gasteiger partial charge >= 0.3 is 0 Å². The fraction of sp³-hybridized carbons (Fsp3) is 0.409. The van der Waals surface area contributed by atoms with Crippen LogP contribution >= 0.6 is 23.1 Å². The van der Waals surface area contributed by atoms with Gasteiger partial charge in [-0.1, -0.05) is 25.1 Å². The van der Waals surface area contributed by atoms with Gasteiger partial charge in [-0.3, -0.25) is 14.2 Å². The van der Waals surface area contributed by atoms with Crippen LogP contribution in [0.25, 0.3) is 15.9 Å². The summed E-state index contributed by atoms with van der Waals surface area (Å²) in [4.78, 5) is 32.5. The van der Waals surface area contributed by atoms with Crippen LogP contribution in [0.3, 0.4) is 0 Å². The molecule has 0 aliphatic heterocycles. The zero-order valence-electron chi connectivity index (χ0n) is 17.1.